The van der Waals surface area contributed by atoms with E-state index in [1.807, 2.05) is 0 Å². The number of esters is 2. The highest BCUT2D eigenvalue weighted by Gasteiger charge is 2.39. The van der Waals surface area contributed by atoms with E-state index in [0.717, 1.165) is 12.8 Å². The van der Waals surface area contributed by atoms with Crippen molar-refractivity contribution in [1.29, 1.82) is 0 Å². The molecule has 0 bridgehead atoms. The van der Waals surface area contributed by atoms with Gasteiger partial charge < -0.3 is 20.1 Å². The summed E-state index contributed by atoms with van der Waals surface area (Å²) in [6, 6.07) is -0.540. The van der Waals surface area contributed by atoms with Gasteiger partial charge in [-0.25, -0.2) is 0 Å². The van der Waals surface area contributed by atoms with E-state index in [0.29, 0.717) is 0 Å². The van der Waals surface area contributed by atoms with E-state index in [9.17, 15) is 9.59 Å². The van der Waals surface area contributed by atoms with E-state index >= 15 is 0 Å². The minimum absolute atomic E-state index is 0.0199. The Hall–Kier alpha value is -1.14. The molecule has 6 nitrogen and oxygen atoms in total. The van der Waals surface area contributed by atoms with Gasteiger partial charge in [-0.2, -0.15) is 0 Å². The summed E-state index contributed by atoms with van der Waals surface area (Å²) in [4.78, 5) is 23.3. The first-order valence-corrected chi connectivity index (χ1v) is 7.28. The maximum Gasteiger partial charge on any atom is 0.323 e. The second-order valence-corrected chi connectivity index (χ2v) is 7.02. The molecule has 1 atom stereocenters. The van der Waals surface area contributed by atoms with Crippen molar-refractivity contribution in [3.05, 3.63) is 0 Å². The van der Waals surface area contributed by atoms with Gasteiger partial charge in [-0.1, -0.05) is 0 Å². The van der Waals surface area contributed by atoms with E-state index in [4.69, 9.17) is 4.74 Å². The standard InChI is InChI=1S/C15H28N2O4/c1-14(2)8-10(9-15(3,4)17-14)16-11(13(19)21-6)7-12(18)20-5/h10-11,16-17H,7-9H2,1-6H3/t11-/m0/s1. The molecular weight excluding hydrogens is 272 g/mol. The van der Waals surface area contributed by atoms with Gasteiger partial charge >= 0.3 is 11.9 Å². The lowest BCUT2D eigenvalue weighted by molar-refractivity contribution is -0.150. The number of carbonyl (C=O) groups excluding carboxylic acids is 2. The van der Waals surface area contributed by atoms with Crippen LogP contribution in [0, 0.1) is 0 Å². The van der Waals surface area contributed by atoms with Crippen LogP contribution in [0.4, 0.5) is 0 Å². The van der Waals surface area contributed by atoms with Crippen LogP contribution >= 0.6 is 0 Å². The van der Waals surface area contributed by atoms with Crippen LogP contribution in [0.25, 0.3) is 0 Å². The van der Waals surface area contributed by atoms with Gasteiger partial charge in [0.15, 0.2) is 0 Å². The maximum atomic E-state index is 11.9. The van der Waals surface area contributed by atoms with E-state index < -0.39 is 18.0 Å². The third-order valence-electron chi connectivity index (χ3n) is 3.71. The number of methoxy groups -OCH3 is 2. The Morgan fingerprint density at radius 3 is 2.10 bits per heavy atom. The van der Waals surface area contributed by atoms with Crippen LogP contribution in [0.5, 0.6) is 0 Å². The van der Waals surface area contributed by atoms with E-state index in [1.165, 1.54) is 14.2 Å². The number of hydrogen-bond donors (Lipinski definition) is 2. The molecule has 2 N–H and O–H groups in total. The summed E-state index contributed by atoms with van der Waals surface area (Å²) in [5, 5.41) is 6.85. The molecule has 1 saturated heterocycles. The molecule has 122 valence electrons. The molecule has 1 aliphatic rings. The predicted octanol–water partition coefficient (Wildman–Crippen LogP) is 0.990. The van der Waals surface area contributed by atoms with Crippen LogP contribution in [0.15, 0.2) is 0 Å². The summed E-state index contributed by atoms with van der Waals surface area (Å²) in [7, 11) is 2.64. The smallest absolute Gasteiger partial charge is 0.323 e. The monoisotopic (exact) mass is 300 g/mol. The zero-order chi connectivity index (χ0) is 16.3. The Labute approximate surface area is 126 Å². The topological polar surface area (TPSA) is 76.7 Å². The van der Waals surface area contributed by atoms with Crippen LogP contribution < -0.4 is 10.6 Å². The molecule has 0 aromatic carbocycles. The molecule has 0 amide bonds. The van der Waals surface area contributed by atoms with Gasteiger partial charge in [-0.3, -0.25) is 9.59 Å². The van der Waals surface area contributed by atoms with Crippen molar-refractivity contribution in [1.82, 2.24) is 10.6 Å². The van der Waals surface area contributed by atoms with Crippen molar-refractivity contribution in [2.75, 3.05) is 14.2 Å². The van der Waals surface area contributed by atoms with Gasteiger partial charge in [0.25, 0.3) is 0 Å². The van der Waals surface area contributed by atoms with Crippen LogP contribution in [0.1, 0.15) is 47.0 Å². The zero-order valence-electron chi connectivity index (χ0n) is 13.9. The molecule has 1 fully saturated rings. The fraction of sp³-hybridized carbons (Fsp3) is 0.867. The van der Waals surface area contributed by atoms with Crippen LogP contribution in [-0.2, 0) is 19.1 Å². The quantitative estimate of drug-likeness (QED) is 0.737. The van der Waals surface area contributed by atoms with Crippen molar-refractivity contribution >= 4 is 11.9 Å². The van der Waals surface area contributed by atoms with Gasteiger partial charge in [0, 0.05) is 17.1 Å². The molecule has 0 aromatic heterocycles. The minimum Gasteiger partial charge on any atom is -0.469 e. The molecule has 6 heteroatoms. The highest BCUT2D eigenvalue weighted by Crippen LogP contribution is 2.28. The third kappa shape index (κ3) is 5.63. The van der Waals surface area contributed by atoms with Gasteiger partial charge in [-0.15, -0.1) is 0 Å². The first-order valence-electron chi connectivity index (χ1n) is 7.28. The molecule has 1 rings (SSSR count). The van der Waals surface area contributed by atoms with E-state index in [1.54, 1.807) is 0 Å². The number of carbonyl (C=O) groups is 2. The zero-order valence-corrected chi connectivity index (χ0v) is 13.9. The summed E-state index contributed by atoms with van der Waals surface area (Å²) < 4.78 is 9.43. The molecule has 21 heavy (non-hydrogen) atoms. The van der Waals surface area contributed by atoms with Crippen LogP contribution in [0.3, 0.4) is 0 Å². The third-order valence-corrected chi connectivity index (χ3v) is 3.71. The number of rotatable bonds is 5. The molecule has 0 spiro atoms. The number of piperidine rings is 1. The Balaban J connectivity index is 2.77. The first kappa shape index (κ1) is 17.9. The molecule has 0 saturated carbocycles. The van der Waals surface area contributed by atoms with Gasteiger partial charge in [0.1, 0.15) is 6.04 Å². The van der Waals surface area contributed by atoms with Crippen molar-refractivity contribution in [2.24, 2.45) is 0 Å². The fourth-order valence-corrected chi connectivity index (χ4v) is 3.33. The first-order chi connectivity index (χ1) is 9.58. The highest BCUT2D eigenvalue weighted by atomic mass is 16.5. The van der Waals surface area contributed by atoms with Crippen molar-refractivity contribution < 1.29 is 19.1 Å². The number of ether oxygens (including phenoxy) is 2. The molecule has 0 radical (unpaired) electrons. The summed E-state index contributed by atoms with van der Waals surface area (Å²) >= 11 is 0. The minimum atomic E-state index is -0.669. The second kappa shape index (κ2) is 6.75. The summed E-state index contributed by atoms with van der Waals surface area (Å²) in [6.45, 7) is 8.54. The highest BCUT2D eigenvalue weighted by molar-refractivity contribution is 5.82. The fourth-order valence-electron chi connectivity index (χ4n) is 3.33. The summed E-state index contributed by atoms with van der Waals surface area (Å²) in [5.41, 5.74) is -0.0727. The van der Waals surface area contributed by atoms with Crippen LogP contribution in [0.2, 0.25) is 0 Å². The molecule has 0 aromatic rings. The number of nitrogens with one attached hydrogen (secondary N) is 2. The van der Waals surface area contributed by atoms with Crippen molar-refractivity contribution in [3.8, 4) is 0 Å². The maximum absolute atomic E-state index is 11.9. The molecular formula is C15H28N2O4. The normalized spacial score (nSPS) is 22.4. The Morgan fingerprint density at radius 2 is 1.67 bits per heavy atom. The van der Waals surface area contributed by atoms with Gasteiger partial charge in [-0.05, 0) is 40.5 Å². The Kier molecular flexibility index (Phi) is 5.75. The molecule has 1 aliphatic heterocycles. The van der Waals surface area contributed by atoms with Crippen molar-refractivity contribution in [3.63, 3.8) is 0 Å². The lowest BCUT2D eigenvalue weighted by Gasteiger charge is -2.47. The Bertz CT molecular complexity index is 377. The average Bonchev–Trinajstić information content (AvgIpc) is 2.32. The van der Waals surface area contributed by atoms with E-state index in [-0.39, 0.29) is 23.5 Å². The average molecular weight is 300 g/mol. The predicted molar refractivity (Wildman–Crippen MR) is 79.9 cm³/mol. The lowest BCUT2D eigenvalue weighted by Crippen LogP contribution is -2.63. The summed E-state index contributed by atoms with van der Waals surface area (Å²) in [5.74, 6) is -0.861. The largest absolute Gasteiger partial charge is 0.469 e. The van der Waals surface area contributed by atoms with Crippen molar-refractivity contribution in [2.45, 2.75) is 70.1 Å². The molecule has 0 aliphatic carbocycles. The van der Waals surface area contributed by atoms with E-state index in [2.05, 4.69) is 43.1 Å². The second-order valence-electron chi connectivity index (χ2n) is 7.02. The molecule has 0 unspecified atom stereocenters. The lowest BCUT2D eigenvalue weighted by atomic mass is 9.79. The molecule has 1 heterocycles. The number of hydrogen-bond acceptors (Lipinski definition) is 6. The van der Waals surface area contributed by atoms with Gasteiger partial charge in [0.05, 0.1) is 20.6 Å². The van der Waals surface area contributed by atoms with Crippen LogP contribution in [-0.4, -0.2) is 49.3 Å². The Morgan fingerprint density at radius 1 is 1.14 bits per heavy atom. The SMILES string of the molecule is COC(=O)C[C@H](NC1CC(C)(C)NC(C)(C)C1)C(=O)OC. The summed E-state index contributed by atoms with van der Waals surface area (Å²) in [6.07, 6.45) is 1.71. The van der Waals surface area contributed by atoms with Gasteiger partial charge in [0.2, 0.25) is 0 Å².